The molecule has 0 aliphatic carbocycles. The van der Waals surface area contributed by atoms with Crippen LogP contribution in [0.3, 0.4) is 0 Å². The zero-order valence-corrected chi connectivity index (χ0v) is 33.3. The van der Waals surface area contributed by atoms with E-state index in [1.165, 1.54) is 0 Å². The Balaban J connectivity index is 2.28. The minimum absolute atomic E-state index is 0.0285. The van der Waals surface area contributed by atoms with Crippen molar-refractivity contribution in [3.8, 4) is 0 Å². The van der Waals surface area contributed by atoms with Crippen LogP contribution in [0.5, 0.6) is 0 Å². The number of unbranched alkanes of at least 4 members (excludes halogenated alkanes) is 2. The summed E-state index contributed by atoms with van der Waals surface area (Å²) in [5.74, 6) is -4.78. The SMILES string of the molecule is CC(C)CC(NC(=O)C(CCCCN)NC(=O)C(N)CCCCN)C(=O)NC(C(=O)NC(Cc1ccccc1)C(=O)NC(Cc1ccccc1)C(=O)O)C(C)C. The Morgan fingerprint density at radius 2 is 1.00 bits per heavy atom. The van der Waals surface area contributed by atoms with E-state index in [1.807, 2.05) is 19.9 Å². The average Bonchev–Trinajstić information content (AvgIpc) is 3.16. The van der Waals surface area contributed by atoms with Crippen LogP contribution in [-0.4, -0.2) is 90.0 Å². The Morgan fingerprint density at radius 1 is 0.554 bits per heavy atom. The minimum Gasteiger partial charge on any atom is -0.480 e. The van der Waals surface area contributed by atoms with Crippen LogP contribution in [0.15, 0.2) is 60.7 Å². The number of carboxylic acids is 1. The molecule has 56 heavy (non-hydrogen) atoms. The predicted octanol–water partition coefficient (Wildman–Crippen LogP) is 1.27. The molecule has 6 unspecified atom stereocenters. The van der Waals surface area contributed by atoms with Gasteiger partial charge in [-0.1, -0.05) is 94.8 Å². The molecule has 0 aliphatic rings. The fraction of sp³-hybridized carbons (Fsp3) is 0.561. The maximum atomic E-state index is 14.0. The fourth-order valence-corrected chi connectivity index (χ4v) is 6.09. The molecule has 12 N–H and O–H groups in total. The smallest absolute Gasteiger partial charge is 0.326 e. The number of nitrogens with two attached hydrogens (primary N) is 3. The summed E-state index contributed by atoms with van der Waals surface area (Å²) in [5, 5.41) is 23.6. The second kappa shape index (κ2) is 25.3. The van der Waals surface area contributed by atoms with Crippen molar-refractivity contribution in [1.29, 1.82) is 0 Å². The Kier molecular flexibility index (Phi) is 21.4. The van der Waals surface area contributed by atoms with E-state index >= 15 is 0 Å². The van der Waals surface area contributed by atoms with E-state index in [0.29, 0.717) is 50.8 Å². The van der Waals surface area contributed by atoms with E-state index in [4.69, 9.17) is 17.2 Å². The van der Waals surface area contributed by atoms with Crippen LogP contribution in [0.25, 0.3) is 0 Å². The summed E-state index contributed by atoms with van der Waals surface area (Å²) in [6, 6.07) is 11.4. The number of rotatable bonds is 26. The third-order valence-electron chi connectivity index (χ3n) is 9.29. The fourth-order valence-electron chi connectivity index (χ4n) is 6.09. The van der Waals surface area contributed by atoms with Crippen molar-refractivity contribution in [2.24, 2.45) is 29.0 Å². The third-order valence-corrected chi connectivity index (χ3v) is 9.29. The Bertz CT molecular complexity index is 1530. The number of hydrogen-bond acceptors (Lipinski definition) is 9. The standard InChI is InChI=1S/C41H64N8O7/c1-26(2)23-32(46-37(51)31(20-12-14-22-43)45-36(50)30(44)19-11-13-21-42)39(53)49-35(27(3)4)40(54)47-33(24-28-15-7-5-8-16-28)38(52)48-34(41(55)56)25-29-17-9-6-10-18-29/h5-10,15-18,26-27,30-35H,11-14,19-25,42-44H2,1-4H3,(H,45,50)(H,46,51)(H,47,54)(H,48,52)(H,49,53)(H,55,56). The quantitative estimate of drug-likeness (QED) is 0.0618. The van der Waals surface area contributed by atoms with Gasteiger partial charge < -0.3 is 48.9 Å². The van der Waals surface area contributed by atoms with Crippen molar-refractivity contribution in [3.63, 3.8) is 0 Å². The summed E-state index contributed by atoms with van der Waals surface area (Å²) in [4.78, 5) is 80.4. The number of aliphatic carboxylic acids is 1. The monoisotopic (exact) mass is 780 g/mol. The lowest BCUT2D eigenvalue weighted by atomic mass is 9.98. The molecule has 15 heteroatoms. The van der Waals surface area contributed by atoms with Crippen LogP contribution in [0.2, 0.25) is 0 Å². The van der Waals surface area contributed by atoms with Gasteiger partial charge in [0.15, 0.2) is 0 Å². The van der Waals surface area contributed by atoms with Gasteiger partial charge in [0.2, 0.25) is 29.5 Å². The highest BCUT2D eigenvalue weighted by Gasteiger charge is 2.34. The average molecular weight is 781 g/mol. The number of amides is 5. The van der Waals surface area contributed by atoms with Crippen molar-refractivity contribution in [2.75, 3.05) is 13.1 Å². The van der Waals surface area contributed by atoms with Gasteiger partial charge in [0.25, 0.3) is 0 Å². The first-order valence-corrected chi connectivity index (χ1v) is 19.6. The van der Waals surface area contributed by atoms with E-state index in [2.05, 4.69) is 26.6 Å². The lowest BCUT2D eigenvalue weighted by molar-refractivity contribution is -0.142. The van der Waals surface area contributed by atoms with Crippen LogP contribution >= 0.6 is 0 Å². The molecule has 2 aromatic carbocycles. The molecule has 0 bridgehead atoms. The van der Waals surface area contributed by atoms with Gasteiger partial charge in [-0.05, 0) is 74.6 Å². The molecule has 0 saturated carbocycles. The van der Waals surface area contributed by atoms with Gasteiger partial charge in [-0.25, -0.2) is 4.79 Å². The summed E-state index contributed by atoms with van der Waals surface area (Å²) in [7, 11) is 0. The highest BCUT2D eigenvalue weighted by Crippen LogP contribution is 2.12. The van der Waals surface area contributed by atoms with E-state index in [0.717, 1.165) is 5.56 Å². The molecule has 0 saturated heterocycles. The lowest BCUT2D eigenvalue weighted by Gasteiger charge is -2.29. The highest BCUT2D eigenvalue weighted by atomic mass is 16.4. The molecule has 0 heterocycles. The van der Waals surface area contributed by atoms with Crippen LogP contribution in [-0.2, 0) is 41.6 Å². The number of carbonyl (C=O) groups excluding carboxylic acids is 5. The van der Waals surface area contributed by atoms with Crippen LogP contribution < -0.4 is 43.8 Å². The molecular weight excluding hydrogens is 716 g/mol. The maximum Gasteiger partial charge on any atom is 0.326 e. The van der Waals surface area contributed by atoms with Gasteiger partial charge in [0, 0.05) is 12.8 Å². The molecule has 15 nitrogen and oxygen atoms in total. The molecule has 2 rings (SSSR count). The number of carboxylic acid groups (broad SMARTS) is 1. The van der Waals surface area contributed by atoms with Crippen LogP contribution in [0, 0.1) is 11.8 Å². The van der Waals surface area contributed by atoms with Crippen LogP contribution in [0.1, 0.15) is 83.8 Å². The van der Waals surface area contributed by atoms with E-state index in [9.17, 15) is 33.9 Å². The first-order chi connectivity index (χ1) is 26.7. The summed E-state index contributed by atoms with van der Waals surface area (Å²) < 4.78 is 0. The zero-order valence-electron chi connectivity index (χ0n) is 33.3. The number of hydrogen-bond donors (Lipinski definition) is 9. The Hall–Kier alpha value is -4.86. The zero-order chi connectivity index (χ0) is 41.6. The molecule has 0 radical (unpaired) electrons. The van der Waals surface area contributed by atoms with Gasteiger partial charge in [0.05, 0.1) is 6.04 Å². The number of carbonyl (C=O) groups is 6. The molecule has 5 amide bonds. The van der Waals surface area contributed by atoms with E-state index in [1.54, 1.807) is 68.4 Å². The van der Waals surface area contributed by atoms with Gasteiger partial charge in [-0.2, -0.15) is 0 Å². The van der Waals surface area contributed by atoms with E-state index < -0.39 is 77.7 Å². The van der Waals surface area contributed by atoms with Gasteiger partial charge in [-0.3, -0.25) is 24.0 Å². The van der Waals surface area contributed by atoms with Gasteiger partial charge in [-0.15, -0.1) is 0 Å². The molecule has 0 aromatic heterocycles. The first-order valence-electron chi connectivity index (χ1n) is 19.6. The van der Waals surface area contributed by atoms with Crippen LogP contribution in [0.4, 0.5) is 0 Å². The van der Waals surface area contributed by atoms with Crippen molar-refractivity contribution in [1.82, 2.24) is 26.6 Å². The second-order valence-electron chi connectivity index (χ2n) is 15.0. The van der Waals surface area contributed by atoms with Crippen molar-refractivity contribution < 1.29 is 33.9 Å². The first kappa shape index (κ1) is 47.3. The Labute approximate surface area is 331 Å². The number of nitrogens with one attached hydrogen (secondary N) is 5. The Morgan fingerprint density at radius 3 is 1.50 bits per heavy atom. The minimum atomic E-state index is -1.27. The summed E-state index contributed by atoms with van der Waals surface area (Å²) >= 11 is 0. The summed E-state index contributed by atoms with van der Waals surface area (Å²) in [6.45, 7) is 8.10. The molecule has 6 atom stereocenters. The normalized spacial score (nSPS) is 14.4. The van der Waals surface area contributed by atoms with Crippen molar-refractivity contribution in [2.45, 2.75) is 122 Å². The molecule has 0 spiro atoms. The predicted molar refractivity (Wildman–Crippen MR) is 216 cm³/mol. The molecule has 0 fully saturated rings. The third kappa shape index (κ3) is 17.3. The summed E-state index contributed by atoms with van der Waals surface area (Å²) in [5.41, 5.74) is 18.8. The largest absolute Gasteiger partial charge is 0.480 e. The summed E-state index contributed by atoms with van der Waals surface area (Å²) in [6.07, 6.45) is 3.52. The van der Waals surface area contributed by atoms with Gasteiger partial charge in [0.1, 0.15) is 30.2 Å². The second-order valence-corrected chi connectivity index (χ2v) is 15.0. The van der Waals surface area contributed by atoms with Crippen molar-refractivity contribution in [3.05, 3.63) is 71.8 Å². The highest BCUT2D eigenvalue weighted by molar-refractivity contribution is 5.96. The molecule has 0 aliphatic heterocycles. The molecule has 2 aromatic rings. The molecular formula is C41H64N8O7. The number of benzene rings is 2. The van der Waals surface area contributed by atoms with Crippen molar-refractivity contribution >= 4 is 35.5 Å². The lowest BCUT2D eigenvalue weighted by Crippen LogP contribution is -2.60. The topological polar surface area (TPSA) is 261 Å². The van der Waals surface area contributed by atoms with E-state index in [-0.39, 0.29) is 31.6 Å². The maximum absolute atomic E-state index is 14.0. The van der Waals surface area contributed by atoms with Gasteiger partial charge >= 0.3 is 5.97 Å². The molecule has 310 valence electrons.